The first-order valence-corrected chi connectivity index (χ1v) is 6.93. The standard InChI is InChI=1S/C12H22O10/c1-3-5(14)7(16)9(18)11(20-3)22-12-10(19)8(17)6(15)4(2-13)21-12/h3-19H,2H2,1H3/t3-,4-,5+,6-,7+,8+,9-,10-,11?,12?/m1/s1. The minimum absolute atomic E-state index is 0.628. The normalized spacial score (nSPS) is 53.5. The molecule has 2 aliphatic rings. The molecule has 2 rings (SSSR count). The lowest BCUT2D eigenvalue weighted by Gasteiger charge is -2.44. The Labute approximate surface area is 126 Å². The van der Waals surface area contributed by atoms with E-state index in [2.05, 4.69) is 0 Å². The Hall–Kier alpha value is -0.400. The molecule has 10 nitrogen and oxygen atoms in total. The van der Waals surface area contributed by atoms with Crippen molar-refractivity contribution in [2.24, 2.45) is 0 Å². The Morgan fingerprint density at radius 1 is 0.727 bits per heavy atom. The van der Waals surface area contributed by atoms with Crippen LogP contribution in [-0.2, 0) is 14.2 Å². The Balaban J connectivity index is 2.05. The third-order valence-electron chi connectivity index (χ3n) is 3.93. The molecule has 7 N–H and O–H groups in total. The van der Waals surface area contributed by atoms with Crippen LogP contribution in [-0.4, -0.2) is 104 Å². The van der Waals surface area contributed by atoms with Crippen LogP contribution in [0.5, 0.6) is 0 Å². The van der Waals surface area contributed by atoms with Gasteiger partial charge in [0.15, 0.2) is 12.6 Å². The van der Waals surface area contributed by atoms with E-state index >= 15 is 0 Å². The van der Waals surface area contributed by atoms with E-state index in [1.54, 1.807) is 0 Å². The highest BCUT2D eigenvalue weighted by Crippen LogP contribution is 2.27. The third-order valence-corrected chi connectivity index (χ3v) is 3.93. The summed E-state index contributed by atoms with van der Waals surface area (Å²) in [7, 11) is 0. The second-order valence-electron chi connectivity index (χ2n) is 5.51. The third kappa shape index (κ3) is 3.26. The largest absolute Gasteiger partial charge is 0.394 e. The van der Waals surface area contributed by atoms with Gasteiger partial charge in [0.25, 0.3) is 0 Å². The van der Waals surface area contributed by atoms with Crippen LogP contribution in [0, 0.1) is 0 Å². The van der Waals surface area contributed by atoms with Gasteiger partial charge in [-0.1, -0.05) is 0 Å². The fraction of sp³-hybridized carbons (Fsp3) is 1.00. The van der Waals surface area contributed by atoms with E-state index in [0.717, 1.165) is 0 Å². The van der Waals surface area contributed by atoms with Crippen molar-refractivity contribution in [1.82, 2.24) is 0 Å². The van der Waals surface area contributed by atoms with Gasteiger partial charge >= 0.3 is 0 Å². The number of rotatable bonds is 3. The van der Waals surface area contributed by atoms with Gasteiger partial charge < -0.3 is 50.0 Å². The SMILES string of the molecule is C[C@H]1OC(OC2O[C@H](CO)[C@@H](O)[C@H](O)[C@H]2O)[C@H](O)[C@@H](O)[C@H]1O. The summed E-state index contributed by atoms with van der Waals surface area (Å²) in [6.07, 6.45) is -14.3. The van der Waals surface area contributed by atoms with Crippen molar-refractivity contribution in [3.63, 3.8) is 0 Å². The topological polar surface area (TPSA) is 169 Å². The highest BCUT2D eigenvalue weighted by atomic mass is 16.8. The van der Waals surface area contributed by atoms with Gasteiger partial charge in [-0.25, -0.2) is 0 Å². The van der Waals surface area contributed by atoms with Crippen LogP contribution >= 0.6 is 0 Å². The molecule has 2 aliphatic heterocycles. The molecule has 130 valence electrons. The molecule has 0 aromatic heterocycles. The molecule has 2 fully saturated rings. The van der Waals surface area contributed by atoms with Gasteiger partial charge in [-0.3, -0.25) is 0 Å². The molecule has 0 saturated carbocycles. The lowest BCUT2D eigenvalue weighted by molar-refractivity contribution is -0.373. The second kappa shape index (κ2) is 7.01. The molecule has 10 heteroatoms. The Morgan fingerprint density at radius 2 is 1.23 bits per heavy atom. The molecule has 0 bridgehead atoms. The first-order valence-electron chi connectivity index (χ1n) is 6.93. The van der Waals surface area contributed by atoms with E-state index in [4.69, 9.17) is 19.3 Å². The molecule has 2 unspecified atom stereocenters. The Kier molecular flexibility index (Phi) is 5.72. The minimum Gasteiger partial charge on any atom is -0.394 e. The quantitative estimate of drug-likeness (QED) is 0.269. The van der Waals surface area contributed by atoms with E-state index in [-0.39, 0.29) is 0 Å². The predicted molar refractivity (Wildman–Crippen MR) is 67.2 cm³/mol. The number of aliphatic hydroxyl groups is 7. The minimum atomic E-state index is -1.66. The first kappa shape index (κ1) is 17.9. The van der Waals surface area contributed by atoms with Gasteiger partial charge in [-0.05, 0) is 6.92 Å². The second-order valence-corrected chi connectivity index (χ2v) is 5.51. The van der Waals surface area contributed by atoms with Crippen LogP contribution in [0.25, 0.3) is 0 Å². The van der Waals surface area contributed by atoms with Crippen molar-refractivity contribution < 1.29 is 50.0 Å². The highest BCUT2D eigenvalue weighted by Gasteiger charge is 2.48. The molecule has 0 aliphatic carbocycles. The predicted octanol–water partition coefficient (Wildman–Crippen LogP) is -4.37. The van der Waals surface area contributed by atoms with Gasteiger partial charge in [0, 0.05) is 0 Å². The summed E-state index contributed by atoms with van der Waals surface area (Å²) in [5.41, 5.74) is 0. The van der Waals surface area contributed by atoms with E-state index in [9.17, 15) is 30.6 Å². The van der Waals surface area contributed by atoms with Crippen LogP contribution < -0.4 is 0 Å². The lowest BCUT2D eigenvalue weighted by Crippen LogP contribution is -2.63. The van der Waals surface area contributed by atoms with Crippen molar-refractivity contribution in [3.05, 3.63) is 0 Å². The maximum Gasteiger partial charge on any atom is 0.189 e. The Morgan fingerprint density at radius 3 is 1.77 bits per heavy atom. The zero-order chi connectivity index (χ0) is 16.6. The van der Waals surface area contributed by atoms with Gasteiger partial charge in [0.2, 0.25) is 0 Å². The Bertz CT molecular complexity index is 366. The molecule has 0 spiro atoms. The van der Waals surface area contributed by atoms with Crippen LogP contribution in [0.15, 0.2) is 0 Å². The number of ether oxygens (including phenoxy) is 3. The van der Waals surface area contributed by atoms with Crippen molar-refractivity contribution in [2.45, 2.75) is 68.3 Å². The van der Waals surface area contributed by atoms with E-state index in [0.29, 0.717) is 0 Å². The smallest absolute Gasteiger partial charge is 0.189 e. The molecule has 2 saturated heterocycles. The van der Waals surface area contributed by atoms with Crippen molar-refractivity contribution >= 4 is 0 Å². The highest BCUT2D eigenvalue weighted by molar-refractivity contribution is 4.91. The number of hydrogen-bond acceptors (Lipinski definition) is 10. The molecule has 10 atom stereocenters. The summed E-state index contributed by atoms with van der Waals surface area (Å²) in [5.74, 6) is 0. The monoisotopic (exact) mass is 326 g/mol. The maximum absolute atomic E-state index is 9.83. The maximum atomic E-state index is 9.83. The van der Waals surface area contributed by atoms with Gasteiger partial charge in [-0.15, -0.1) is 0 Å². The average molecular weight is 326 g/mol. The summed E-state index contributed by atoms with van der Waals surface area (Å²) < 4.78 is 15.5. The molecule has 0 radical (unpaired) electrons. The zero-order valence-corrected chi connectivity index (χ0v) is 11.8. The van der Waals surface area contributed by atoms with Crippen molar-refractivity contribution in [1.29, 1.82) is 0 Å². The summed E-state index contributed by atoms with van der Waals surface area (Å²) in [6.45, 7) is 0.819. The summed E-state index contributed by atoms with van der Waals surface area (Å²) in [6, 6.07) is 0. The number of hydrogen-bond donors (Lipinski definition) is 7. The summed E-state index contributed by atoms with van der Waals surface area (Å²) in [5, 5.41) is 67.3. The van der Waals surface area contributed by atoms with Gasteiger partial charge in [0.05, 0.1) is 12.7 Å². The van der Waals surface area contributed by atoms with Crippen molar-refractivity contribution in [3.8, 4) is 0 Å². The molecule has 0 amide bonds. The molecule has 0 aromatic rings. The summed E-state index contributed by atoms with van der Waals surface area (Å²) >= 11 is 0. The zero-order valence-electron chi connectivity index (χ0n) is 11.8. The van der Waals surface area contributed by atoms with Crippen LogP contribution in [0.4, 0.5) is 0 Å². The van der Waals surface area contributed by atoms with Gasteiger partial charge in [0.1, 0.15) is 42.7 Å². The number of aliphatic hydroxyl groups excluding tert-OH is 7. The van der Waals surface area contributed by atoms with Crippen molar-refractivity contribution in [2.75, 3.05) is 6.61 Å². The fourth-order valence-electron chi connectivity index (χ4n) is 2.44. The molecular formula is C12H22O10. The average Bonchev–Trinajstić information content (AvgIpc) is 2.50. The first-order chi connectivity index (χ1) is 10.3. The van der Waals surface area contributed by atoms with Crippen LogP contribution in [0.2, 0.25) is 0 Å². The van der Waals surface area contributed by atoms with Gasteiger partial charge in [-0.2, -0.15) is 0 Å². The molecule has 22 heavy (non-hydrogen) atoms. The van der Waals surface area contributed by atoms with E-state index in [1.807, 2.05) is 0 Å². The molecule has 0 aromatic carbocycles. The van der Waals surface area contributed by atoms with Crippen LogP contribution in [0.3, 0.4) is 0 Å². The lowest BCUT2D eigenvalue weighted by atomic mass is 9.98. The molecule has 2 heterocycles. The summed E-state index contributed by atoms with van der Waals surface area (Å²) in [4.78, 5) is 0. The van der Waals surface area contributed by atoms with Crippen LogP contribution in [0.1, 0.15) is 6.92 Å². The van der Waals surface area contributed by atoms with E-state index in [1.165, 1.54) is 6.92 Å². The molecular weight excluding hydrogens is 304 g/mol. The fourth-order valence-corrected chi connectivity index (χ4v) is 2.44. The van der Waals surface area contributed by atoms with E-state index < -0.39 is 68.0 Å².